The Kier molecular flexibility index (Phi) is 23.9. The van der Waals surface area contributed by atoms with Crippen molar-refractivity contribution in [2.45, 2.75) is 200 Å². The van der Waals surface area contributed by atoms with E-state index in [0.717, 1.165) is 5.57 Å². The van der Waals surface area contributed by atoms with E-state index in [1.807, 2.05) is 58.1 Å². The molecule has 1 aliphatic carbocycles. The van der Waals surface area contributed by atoms with Crippen LogP contribution in [-0.4, -0.2) is 140 Å². The number of piperidine rings is 1. The highest BCUT2D eigenvalue weighted by molar-refractivity contribution is 7.53. The molecule has 3 unspecified atom stereocenters. The number of esters is 1. The second kappa shape index (κ2) is 28.1. The molecule has 3 heterocycles. The van der Waals surface area contributed by atoms with E-state index in [2.05, 4.69) is 0 Å². The van der Waals surface area contributed by atoms with E-state index < -0.39 is 103 Å². The molecular formula is C55H88NO15P. The largest absolute Gasteiger partial charge is 0.460 e. The number of aliphatic hydroxyl groups is 2. The maximum atomic E-state index is 14.5. The van der Waals surface area contributed by atoms with Gasteiger partial charge in [0.2, 0.25) is 5.79 Å². The molecule has 3 aliphatic heterocycles. The maximum absolute atomic E-state index is 14.5. The van der Waals surface area contributed by atoms with E-state index in [4.69, 9.17) is 32.7 Å². The van der Waals surface area contributed by atoms with Crippen LogP contribution in [0.3, 0.4) is 0 Å². The van der Waals surface area contributed by atoms with Crippen LogP contribution in [0.4, 0.5) is 0 Å². The van der Waals surface area contributed by atoms with E-state index in [-0.39, 0.29) is 48.9 Å². The number of methoxy groups -OCH3 is 3. The van der Waals surface area contributed by atoms with E-state index >= 15 is 0 Å². The van der Waals surface area contributed by atoms with Gasteiger partial charge in [0.15, 0.2) is 5.78 Å². The predicted molar refractivity (Wildman–Crippen MR) is 274 cm³/mol. The van der Waals surface area contributed by atoms with Gasteiger partial charge in [-0.3, -0.25) is 23.7 Å². The van der Waals surface area contributed by atoms with Crippen LogP contribution in [0.1, 0.15) is 139 Å². The van der Waals surface area contributed by atoms with Crippen LogP contribution < -0.4 is 0 Å². The van der Waals surface area contributed by atoms with Crippen molar-refractivity contribution in [1.82, 2.24) is 4.90 Å². The van der Waals surface area contributed by atoms with Crippen LogP contribution in [0.5, 0.6) is 0 Å². The molecule has 408 valence electrons. The van der Waals surface area contributed by atoms with Crippen LogP contribution in [-0.2, 0) is 61.3 Å². The fraction of sp³-hybridized carbons (Fsp3) is 0.764. The van der Waals surface area contributed by atoms with Crippen molar-refractivity contribution < 1.29 is 71.5 Å². The average Bonchev–Trinajstić information content (AvgIpc) is 3.32. The maximum Gasteiger partial charge on any atom is 0.329 e. The van der Waals surface area contributed by atoms with Crippen LogP contribution >= 0.6 is 7.60 Å². The van der Waals surface area contributed by atoms with Crippen LogP contribution in [0.2, 0.25) is 0 Å². The lowest BCUT2D eigenvalue weighted by molar-refractivity contribution is -0.265. The smallest absolute Gasteiger partial charge is 0.329 e. The summed E-state index contributed by atoms with van der Waals surface area (Å²) >= 11 is 0. The molecule has 1 amide bonds. The first-order valence-corrected chi connectivity index (χ1v) is 28.3. The number of allylic oxidation sites excluding steroid dienone is 6. The number of aliphatic hydroxyl groups excluding tert-OH is 1. The molecule has 4 aliphatic rings. The van der Waals surface area contributed by atoms with Gasteiger partial charge in [-0.05, 0) is 121 Å². The molecule has 0 aromatic carbocycles. The number of rotatable bonds is 10. The van der Waals surface area contributed by atoms with Crippen LogP contribution in [0.15, 0.2) is 47.6 Å². The Bertz CT molecular complexity index is 2020. The molecular weight excluding hydrogens is 946 g/mol. The van der Waals surface area contributed by atoms with E-state index in [9.17, 15) is 38.8 Å². The van der Waals surface area contributed by atoms with Crippen molar-refractivity contribution in [2.75, 3.05) is 34.5 Å². The van der Waals surface area contributed by atoms with Crippen molar-refractivity contribution in [2.24, 2.45) is 35.5 Å². The van der Waals surface area contributed by atoms with E-state index in [0.29, 0.717) is 69.8 Å². The predicted octanol–water partition coefficient (Wildman–Crippen LogP) is 8.45. The molecule has 72 heavy (non-hydrogen) atoms. The third-order valence-electron chi connectivity index (χ3n) is 15.2. The van der Waals surface area contributed by atoms with Crippen LogP contribution in [0.25, 0.3) is 0 Å². The molecule has 0 aromatic rings. The summed E-state index contributed by atoms with van der Waals surface area (Å²) in [5.74, 6) is -8.28. The van der Waals surface area contributed by atoms with Gasteiger partial charge in [-0.2, -0.15) is 0 Å². The lowest BCUT2D eigenvalue weighted by Gasteiger charge is -2.42. The Morgan fingerprint density at radius 2 is 1.56 bits per heavy atom. The monoisotopic (exact) mass is 1030 g/mol. The summed E-state index contributed by atoms with van der Waals surface area (Å²) in [5, 5.41) is 23.5. The Hall–Kier alpha value is -3.18. The summed E-state index contributed by atoms with van der Waals surface area (Å²) in [7, 11) is 1.15. The minimum atomic E-state index is -3.37. The number of hydrogen-bond acceptors (Lipinski definition) is 15. The molecule has 2 bridgehead atoms. The van der Waals surface area contributed by atoms with Crippen molar-refractivity contribution in [3.63, 3.8) is 0 Å². The second-order valence-electron chi connectivity index (χ2n) is 21.6. The average molecular weight is 1030 g/mol. The van der Waals surface area contributed by atoms with Gasteiger partial charge in [0.1, 0.15) is 30.1 Å². The first-order valence-electron chi connectivity index (χ1n) is 26.3. The Balaban J connectivity index is 1.70. The van der Waals surface area contributed by atoms with Crippen LogP contribution in [0, 0.1) is 35.5 Å². The molecule has 16 atom stereocenters. The second-order valence-corrected chi connectivity index (χ2v) is 23.6. The number of cyclic esters (lactones) is 1. The third kappa shape index (κ3) is 16.9. The zero-order valence-electron chi connectivity index (χ0n) is 45.4. The van der Waals surface area contributed by atoms with Gasteiger partial charge in [-0.15, -0.1) is 0 Å². The van der Waals surface area contributed by atoms with Crippen molar-refractivity contribution in [3.8, 4) is 0 Å². The first kappa shape index (κ1) is 61.4. The summed E-state index contributed by atoms with van der Waals surface area (Å²) in [6.45, 7) is 17.7. The first-order chi connectivity index (χ1) is 33.9. The number of carbonyl (C=O) groups is 5. The molecule has 2 N–H and O–H groups in total. The number of fused-ring (bicyclic) bond motifs is 3. The SMILES string of the molecule is CO[C@H]1C[C@@H]2CC[C@@H](C)[C@@](O)(O2)C(=O)C(=O)N2CCCC[C@H]2C(=O)OC([C@H](C)CC2CC[C@@H](OP(C)(=O)OC(C)C)[C@H](OC)C2)CC(=O)[C@H](C)/C=C(\C)[C@@H](O)[C@@H](OC)C(=O)[C@H](C)C[C@H](C)/C=C/C=C/C=C/1C. The van der Waals surface area contributed by atoms with Crippen molar-refractivity contribution in [1.29, 1.82) is 0 Å². The quantitative estimate of drug-likeness (QED) is 0.0910. The normalized spacial score (nSPS) is 38.6. The molecule has 0 aromatic heterocycles. The van der Waals surface area contributed by atoms with Gasteiger partial charge in [-0.1, -0.05) is 71.1 Å². The fourth-order valence-corrected chi connectivity index (χ4v) is 12.4. The fourth-order valence-electron chi connectivity index (χ4n) is 10.9. The number of carbonyl (C=O) groups excluding carboxylic acids is 5. The highest BCUT2D eigenvalue weighted by Gasteiger charge is 2.53. The van der Waals surface area contributed by atoms with E-state index in [1.54, 1.807) is 54.9 Å². The lowest BCUT2D eigenvalue weighted by Crippen LogP contribution is -2.61. The van der Waals surface area contributed by atoms with Gasteiger partial charge < -0.3 is 47.8 Å². The highest BCUT2D eigenvalue weighted by atomic mass is 31.2. The number of ether oxygens (including phenoxy) is 5. The number of amides is 1. The summed E-state index contributed by atoms with van der Waals surface area (Å²) in [6.07, 6.45) is 10.5. The highest BCUT2D eigenvalue weighted by Crippen LogP contribution is 2.49. The molecule has 0 spiro atoms. The minimum Gasteiger partial charge on any atom is -0.460 e. The van der Waals surface area contributed by atoms with Crippen molar-refractivity contribution >= 4 is 36.8 Å². The summed E-state index contributed by atoms with van der Waals surface area (Å²) in [5.41, 5.74) is 1.24. The van der Waals surface area contributed by atoms with Gasteiger partial charge in [0.25, 0.3) is 11.7 Å². The molecule has 16 nitrogen and oxygen atoms in total. The lowest BCUT2D eigenvalue weighted by atomic mass is 9.78. The summed E-state index contributed by atoms with van der Waals surface area (Å²) in [4.78, 5) is 72.5. The zero-order valence-corrected chi connectivity index (χ0v) is 46.3. The summed E-state index contributed by atoms with van der Waals surface area (Å²) in [6, 6.07) is -1.17. The molecule has 3 fully saturated rings. The number of Topliss-reactive ketones (excluding diaryl/α,β-unsaturated/α-hetero) is 3. The van der Waals surface area contributed by atoms with Gasteiger partial charge in [-0.25, -0.2) is 4.79 Å². The minimum absolute atomic E-state index is 0.00576. The number of hydrogen-bond donors (Lipinski definition) is 2. The Labute approximate surface area is 429 Å². The molecule has 2 saturated heterocycles. The zero-order chi connectivity index (χ0) is 53.7. The molecule has 1 saturated carbocycles. The van der Waals surface area contributed by atoms with Gasteiger partial charge >= 0.3 is 13.6 Å². The van der Waals surface area contributed by atoms with E-state index in [1.165, 1.54) is 18.7 Å². The van der Waals surface area contributed by atoms with Crippen molar-refractivity contribution in [3.05, 3.63) is 47.6 Å². The Morgan fingerprint density at radius 3 is 2.21 bits per heavy atom. The van der Waals surface area contributed by atoms with Gasteiger partial charge in [0.05, 0.1) is 30.5 Å². The molecule has 17 heteroatoms. The number of ketones is 3. The Morgan fingerprint density at radius 1 is 0.847 bits per heavy atom. The standard InChI is InChI=1S/C55H88NO15P/c1-33(2)70-72(13,64)71-45-25-23-41(30-48(45)66-11)29-37(6)47-32-44(57)36(5)28-39(8)50(59)51(67-12)49(58)38(7)27-34(3)19-15-14-16-20-35(4)46(65-10)31-42-24-22-40(9)55(63,69-42)52(60)53(61)56-26-18-17-21-43(56)54(62)68-47/h14-16,19-20,28,33-34,36-38,40-43,45-48,50-51,59,63H,17-18,21-27,29-32H2,1-13H3/b16-14+,19-15+,35-20+,39-28+/t34-,36-,37-,38-,40-,41?,42+,43+,45-,46+,47?,48-,50-,51+,55-,72?/m1/s1. The topological polar surface area (TPSA) is 211 Å². The van der Waals surface area contributed by atoms with Gasteiger partial charge in [0, 0.05) is 65.1 Å². The third-order valence-corrected chi connectivity index (χ3v) is 16.6. The molecule has 0 radical (unpaired) electrons. The molecule has 4 rings (SSSR count). The number of nitrogens with zero attached hydrogens (tertiary/aromatic N) is 1. The summed E-state index contributed by atoms with van der Waals surface area (Å²) < 4.78 is 54.6.